The van der Waals surface area contributed by atoms with E-state index in [4.69, 9.17) is 0 Å². The van der Waals surface area contributed by atoms with Crippen LogP contribution < -0.4 is 4.90 Å². The summed E-state index contributed by atoms with van der Waals surface area (Å²) in [7, 11) is 1.98. The maximum absolute atomic E-state index is 13.0. The Morgan fingerprint density at radius 1 is 1.04 bits per heavy atom. The fraction of sp³-hybridized carbons (Fsp3) is 0.450. The van der Waals surface area contributed by atoms with Crippen molar-refractivity contribution >= 4 is 11.9 Å². The lowest BCUT2D eigenvalue weighted by atomic mass is 9.94. The molecule has 1 amide bonds. The van der Waals surface area contributed by atoms with E-state index in [9.17, 15) is 4.79 Å². The summed E-state index contributed by atoms with van der Waals surface area (Å²) < 4.78 is 0. The van der Waals surface area contributed by atoms with Gasteiger partial charge in [-0.05, 0) is 42.9 Å². The van der Waals surface area contributed by atoms with Gasteiger partial charge in [0.15, 0.2) is 0 Å². The van der Waals surface area contributed by atoms with Crippen molar-refractivity contribution in [1.29, 1.82) is 0 Å². The monoisotopic (exact) mass is 336 g/mol. The van der Waals surface area contributed by atoms with Crippen molar-refractivity contribution in [2.24, 2.45) is 5.92 Å². The van der Waals surface area contributed by atoms with Gasteiger partial charge in [-0.3, -0.25) is 4.79 Å². The fourth-order valence-electron chi connectivity index (χ4n) is 4.06. The highest BCUT2D eigenvalue weighted by molar-refractivity contribution is 5.79. The molecule has 0 spiro atoms. The lowest BCUT2D eigenvalue weighted by molar-refractivity contribution is -0.136. The molecule has 1 aromatic heterocycles. The third kappa shape index (κ3) is 3.23. The minimum absolute atomic E-state index is 0.119. The first kappa shape index (κ1) is 16.1. The molecule has 5 heteroatoms. The number of carbonyl (C=O) groups is 1. The van der Waals surface area contributed by atoms with E-state index in [1.807, 2.05) is 18.0 Å². The van der Waals surface area contributed by atoms with Crippen molar-refractivity contribution in [2.75, 3.05) is 25.0 Å². The Bertz CT molecular complexity index is 715. The van der Waals surface area contributed by atoms with Gasteiger partial charge in [0.05, 0.1) is 0 Å². The maximum Gasteiger partial charge on any atom is 0.225 e. The summed E-state index contributed by atoms with van der Waals surface area (Å²) in [5.74, 6) is 1.19. The van der Waals surface area contributed by atoms with Crippen molar-refractivity contribution in [2.45, 2.75) is 31.7 Å². The molecule has 0 N–H and O–H groups in total. The highest BCUT2D eigenvalue weighted by Crippen LogP contribution is 2.28. The third-order valence-electron chi connectivity index (χ3n) is 5.60. The number of carbonyl (C=O) groups excluding carboxylic acids is 1. The first-order valence-electron chi connectivity index (χ1n) is 9.08. The van der Waals surface area contributed by atoms with Crippen LogP contribution in [0.3, 0.4) is 0 Å². The molecule has 25 heavy (non-hydrogen) atoms. The molecule has 0 bridgehead atoms. The van der Waals surface area contributed by atoms with Gasteiger partial charge in [-0.1, -0.05) is 24.3 Å². The van der Waals surface area contributed by atoms with Crippen molar-refractivity contribution in [3.8, 4) is 0 Å². The quantitative estimate of drug-likeness (QED) is 0.863. The van der Waals surface area contributed by atoms with E-state index in [0.717, 1.165) is 44.7 Å². The summed E-state index contributed by atoms with van der Waals surface area (Å²) in [5.41, 5.74) is 2.78. The lowest BCUT2D eigenvalue weighted by Gasteiger charge is -2.34. The van der Waals surface area contributed by atoms with E-state index >= 15 is 0 Å². The number of amides is 1. The van der Waals surface area contributed by atoms with Gasteiger partial charge in [-0.2, -0.15) is 0 Å². The van der Waals surface area contributed by atoms with Crippen LogP contribution in [0.25, 0.3) is 0 Å². The first-order chi connectivity index (χ1) is 12.2. The molecular weight excluding hydrogens is 312 g/mol. The Labute approximate surface area is 148 Å². The second-order valence-electron chi connectivity index (χ2n) is 7.09. The number of fused-ring (bicyclic) bond motifs is 1. The minimum Gasteiger partial charge on any atom is -0.342 e. The standard InChI is InChI=1S/C20H24N4O/c1-23(18-13-16-5-2-3-6-17(16)14-18)19(25)15-7-11-24(12-8-15)20-21-9-4-10-22-20/h2-6,9-10,15,18H,7-8,11-14H2,1H3. The maximum atomic E-state index is 13.0. The molecule has 2 aliphatic rings. The van der Waals surface area contributed by atoms with Crippen LogP contribution in [0.5, 0.6) is 0 Å². The largest absolute Gasteiger partial charge is 0.342 e. The molecule has 1 saturated heterocycles. The molecule has 1 aliphatic carbocycles. The number of rotatable bonds is 3. The number of piperidine rings is 1. The number of likely N-dealkylation sites (N-methyl/N-ethyl adjacent to an activating group) is 1. The van der Waals surface area contributed by atoms with Gasteiger partial charge in [-0.25, -0.2) is 9.97 Å². The Morgan fingerprint density at radius 3 is 2.24 bits per heavy atom. The predicted octanol–water partition coefficient (Wildman–Crippen LogP) is 2.32. The number of nitrogens with zero attached hydrogens (tertiary/aromatic N) is 4. The van der Waals surface area contributed by atoms with Crippen molar-refractivity contribution < 1.29 is 4.79 Å². The fourth-order valence-corrected chi connectivity index (χ4v) is 4.06. The molecule has 2 aromatic rings. The molecule has 0 radical (unpaired) electrons. The van der Waals surface area contributed by atoms with E-state index < -0.39 is 0 Å². The molecule has 130 valence electrons. The summed E-state index contributed by atoms with van der Waals surface area (Å²) in [5, 5.41) is 0. The smallest absolute Gasteiger partial charge is 0.225 e. The molecule has 1 fully saturated rings. The van der Waals surface area contributed by atoms with E-state index in [1.165, 1.54) is 11.1 Å². The van der Waals surface area contributed by atoms with Crippen LogP contribution in [0, 0.1) is 5.92 Å². The Morgan fingerprint density at radius 2 is 1.64 bits per heavy atom. The molecule has 4 rings (SSSR count). The summed E-state index contributed by atoms with van der Waals surface area (Å²) in [4.78, 5) is 25.8. The van der Waals surface area contributed by atoms with Crippen molar-refractivity contribution in [3.05, 3.63) is 53.9 Å². The summed E-state index contributed by atoms with van der Waals surface area (Å²) in [6.07, 6.45) is 7.25. The van der Waals surface area contributed by atoms with Crippen LogP contribution in [-0.4, -0.2) is 47.0 Å². The zero-order valence-electron chi connectivity index (χ0n) is 14.6. The summed E-state index contributed by atoms with van der Waals surface area (Å²) in [6, 6.07) is 10.7. The highest BCUT2D eigenvalue weighted by atomic mass is 16.2. The minimum atomic E-state index is 0.119. The Kier molecular flexibility index (Phi) is 4.38. The molecule has 2 heterocycles. The van der Waals surface area contributed by atoms with Crippen LogP contribution in [0.15, 0.2) is 42.7 Å². The Balaban J connectivity index is 1.35. The SMILES string of the molecule is CN(C(=O)C1CCN(c2ncccn2)CC1)C1Cc2ccccc2C1. The van der Waals surface area contributed by atoms with E-state index in [2.05, 4.69) is 39.1 Å². The van der Waals surface area contributed by atoms with Gasteiger partial charge in [0, 0.05) is 44.5 Å². The zero-order valence-corrected chi connectivity index (χ0v) is 14.6. The average Bonchev–Trinajstić information content (AvgIpc) is 3.12. The van der Waals surface area contributed by atoms with Crippen LogP contribution in [0.2, 0.25) is 0 Å². The van der Waals surface area contributed by atoms with E-state index in [0.29, 0.717) is 11.9 Å². The molecule has 5 nitrogen and oxygen atoms in total. The Hall–Kier alpha value is -2.43. The first-order valence-corrected chi connectivity index (χ1v) is 9.08. The summed E-state index contributed by atoms with van der Waals surface area (Å²) >= 11 is 0. The highest BCUT2D eigenvalue weighted by Gasteiger charge is 2.33. The van der Waals surface area contributed by atoms with Gasteiger partial charge >= 0.3 is 0 Å². The number of hydrogen-bond donors (Lipinski definition) is 0. The van der Waals surface area contributed by atoms with Gasteiger partial charge in [0.1, 0.15) is 0 Å². The van der Waals surface area contributed by atoms with Gasteiger partial charge in [0.2, 0.25) is 11.9 Å². The molecule has 0 saturated carbocycles. The van der Waals surface area contributed by atoms with Crippen LogP contribution in [0.4, 0.5) is 5.95 Å². The van der Waals surface area contributed by atoms with E-state index in [1.54, 1.807) is 12.4 Å². The number of anilines is 1. The molecular formula is C20H24N4O. The second-order valence-corrected chi connectivity index (χ2v) is 7.09. The third-order valence-corrected chi connectivity index (χ3v) is 5.60. The normalized spacial score (nSPS) is 18.2. The zero-order chi connectivity index (χ0) is 17.2. The second kappa shape index (κ2) is 6.82. The average molecular weight is 336 g/mol. The van der Waals surface area contributed by atoms with Crippen LogP contribution in [0.1, 0.15) is 24.0 Å². The van der Waals surface area contributed by atoms with Crippen molar-refractivity contribution in [3.63, 3.8) is 0 Å². The van der Waals surface area contributed by atoms with Gasteiger partial charge in [-0.15, -0.1) is 0 Å². The molecule has 1 aliphatic heterocycles. The van der Waals surface area contributed by atoms with Crippen molar-refractivity contribution in [1.82, 2.24) is 14.9 Å². The van der Waals surface area contributed by atoms with E-state index in [-0.39, 0.29) is 5.92 Å². The van der Waals surface area contributed by atoms with Crippen LogP contribution >= 0.6 is 0 Å². The van der Waals surface area contributed by atoms with Gasteiger partial charge < -0.3 is 9.80 Å². The lowest BCUT2D eigenvalue weighted by Crippen LogP contribution is -2.45. The predicted molar refractivity (Wildman–Crippen MR) is 97.4 cm³/mol. The molecule has 0 atom stereocenters. The molecule has 0 unspecified atom stereocenters. The van der Waals surface area contributed by atoms with Crippen LogP contribution in [-0.2, 0) is 17.6 Å². The number of benzene rings is 1. The topological polar surface area (TPSA) is 49.3 Å². The van der Waals surface area contributed by atoms with Gasteiger partial charge in [0.25, 0.3) is 0 Å². The molecule has 1 aromatic carbocycles. The number of aromatic nitrogens is 2. The number of hydrogen-bond acceptors (Lipinski definition) is 4. The summed E-state index contributed by atoms with van der Waals surface area (Å²) in [6.45, 7) is 1.69.